The van der Waals surface area contributed by atoms with Crippen molar-refractivity contribution in [2.75, 3.05) is 13.2 Å². The van der Waals surface area contributed by atoms with Crippen molar-refractivity contribution in [3.8, 4) is 0 Å². The van der Waals surface area contributed by atoms with E-state index >= 15 is 0 Å². The summed E-state index contributed by atoms with van der Waals surface area (Å²) in [7, 11) is 0. The first-order valence-electron chi connectivity index (χ1n) is 3.83. The Balaban J connectivity index is 4.23. The number of rotatable bonds is 5. The van der Waals surface area contributed by atoms with Crippen LogP contribution in [-0.2, 0) is 19.1 Å². The summed E-state index contributed by atoms with van der Waals surface area (Å²) in [4.78, 5) is 31.8. The summed E-state index contributed by atoms with van der Waals surface area (Å²) in [5, 5.41) is 2.33. The quantitative estimate of drug-likeness (QED) is 0.351. The fourth-order valence-corrected chi connectivity index (χ4v) is 0.625. The highest BCUT2D eigenvalue weighted by Gasteiger charge is 2.30. The van der Waals surface area contributed by atoms with Crippen LogP contribution in [0.25, 0.3) is 0 Å². The molecule has 74 valence electrons. The molecule has 0 bridgehead atoms. The second-order valence-electron chi connectivity index (χ2n) is 2.01. The highest BCUT2D eigenvalue weighted by Crippen LogP contribution is 1.98. The summed E-state index contributed by atoms with van der Waals surface area (Å²) >= 11 is 0. The van der Waals surface area contributed by atoms with Crippen LogP contribution in [0.2, 0.25) is 0 Å². The Morgan fingerprint density at radius 2 is 1.54 bits per heavy atom. The lowest BCUT2D eigenvalue weighted by atomic mass is 10.3. The number of esters is 2. The monoisotopic (exact) mass is 189 g/mol. The molecule has 0 saturated heterocycles. The minimum absolute atomic E-state index is 0.0876. The predicted octanol–water partition coefficient (Wildman–Crippen LogP) is 0.248. The molecule has 6 nitrogen and oxygen atoms in total. The van der Waals surface area contributed by atoms with Gasteiger partial charge in [-0.1, -0.05) is 0 Å². The van der Waals surface area contributed by atoms with Crippen molar-refractivity contribution >= 4 is 11.9 Å². The SMILES string of the molecule is CCOC(=O)C(N=O)C(=O)OCC. The van der Waals surface area contributed by atoms with Crippen LogP contribution in [0.15, 0.2) is 5.18 Å². The Morgan fingerprint density at radius 3 is 1.77 bits per heavy atom. The van der Waals surface area contributed by atoms with Gasteiger partial charge >= 0.3 is 11.9 Å². The highest BCUT2D eigenvalue weighted by molar-refractivity contribution is 5.99. The van der Waals surface area contributed by atoms with Crippen LogP contribution < -0.4 is 0 Å². The summed E-state index contributed by atoms with van der Waals surface area (Å²) in [6, 6.07) is -1.69. The molecule has 0 aromatic heterocycles. The molecule has 0 fully saturated rings. The van der Waals surface area contributed by atoms with Gasteiger partial charge in [0, 0.05) is 0 Å². The first kappa shape index (κ1) is 11.5. The largest absolute Gasteiger partial charge is 0.464 e. The molecule has 0 aromatic carbocycles. The normalized spacial score (nSPS) is 9.46. The molecule has 0 aliphatic carbocycles. The minimum Gasteiger partial charge on any atom is -0.464 e. The van der Waals surface area contributed by atoms with Gasteiger partial charge in [0.05, 0.1) is 13.2 Å². The van der Waals surface area contributed by atoms with E-state index in [2.05, 4.69) is 14.7 Å². The number of nitrogens with zero attached hydrogens (tertiary/aromatic N) is 1. The van der Waals surface area contributed by atoms with Crippen LogP contribution in [0.3, 0.4) is 0 Å². The molecule has 0 heterocycles. The summed E-state index contributed by atoms with van der Waals surface area (Å²) in [5.74, 6) is -1.95. The Morgan fingerprint density at radius 1 is 1.15 bits per heavy atom. The molecule has 0 saturated carbocycles. The van der Waals surface area contributed by atoms with Crippen LogP contribution in [0.4, 0.5) is 0 Å². The fraction of sp³-hybridized carbons (Fsp3) is 0.714. The van der Waals surface area contributed by atoms with Gasteiger partial charge in [-0.3, -0.25) is 0 Å². The maximum Gasteiger partial charge on any atom is 0.346 e. The van der Waals surface area contributed by atoms with Gasteiger partial charge in [0.15, 0.2) is 0 Å². The van der Waals surface area contributed by atoms with Gasteiger partial charge in [-0.2, -0.15) is 0 Å². The molecule has 0 aliphatic rings. The Hall–Kier alpha value is -1.46. The van der Waals surface area contributed by atoms with Crippen LogP contribution in [0, 0.1) is 4.91 Å². The van der Waals surface area contributed by atoms with Crippen molar-refractivity contribution < 1.29 is 19.1 Å². The van der Waals surface area contributed by atoms with Crippen molar-refractivity contribution in [1.29, 1.82) is 0 Å². The summed E-state index contributed by atoms with van der Waals surface area (Å²) in [6.07, 6.45) is 0. The van der Waals surface area contributed by atoms with Crippen molar-refractivity contribution in [3.05, 3.63) is 4.91 Å². The van der Waals surface area contributed by atoms with Crippen molar-refractivity contribution in [3.63, 3.8) is 0 Å². The van der Waals surface area contributed by atoms with Gasteiger partial charge in [0.1, 0.15) is 0 Å². The second-order valence-corrected chi connectivity index (χ2v) is 2.01. The molecule has 0 atom stereocenters. The van der Waals surface area contributed by atoms with E-state index in [1.165, 1.54) is 0 Å². The molecular formula is C7H11NO5. The number of ether oxygens (including phenoxy) is 2. The molecule has 0 aromatic rings. The Labute approximate surface area is 75.2 Å². The molecule has 0 rings (SSSR count). The average Bonchev–Trinajstić information content (AvgIpc) is 2.06. The van der Waals surface area contributed by atoms with Crippen molar-refractivity contribution in [1.82, 2.24) is 0 Å². The maximum atomic E-state index is 10.9. The van der Waals surface area contributed by atoms with E-state index in [-0.39, 0.29) is 13.2 Å². The average molecular weight is 189 g/mol. The maximum absolute atomic E-state index is 10.9. The predicted molar refractivity (Wildman–Crippen MR) is 42.8 cm³/mol. The Kier molecular flexibility index (Phi) is 5.42. The third kappa shape index (κ3) is 3.64. The fourth-order valence-electron chi connectivity index (χ4n) is 0.625. The number of nitroso groups, excluding NO2 is 1. The van der Waals surface area contributed by atoms with E-state index in [9.17, 15) is 14.5 Å². The number of carbonyl (C=O) groups is 2. The molecule has 0 N–H and O–H groups in total. The van der Waals surface area contributed by atoms with E-state index in [0.29, 0.717) is 0 Å². The number of hydrogen-bond acceptors (Lipinski definition) is 6. The molecule has 0 spiro atoms. The molecular weight excluding hydrogens is 178 g/mol. The van der Waals surface area contributed by atoms with E-state index in [0.717, 1.165) is 0 Å². The highest BCUT2D eigenvalue weighted by atomic mass is 16.6. The molecule has 0 radical (unpaired) electrons. The molecule has 6 heteroatoms. The summed E-state index contributed by atoms with van der Waals surface area (Å²) in [5.41, 5.74) is 0. The third-order valence-electron chi connectivity index (χ3n) is 1.13. The van der Waals surface area contributed by atoms with E-state index in [4.69, 9.17) is 0 Å². The van der Waals surface area contributed by atoms with Gasteiger partial charge in [0.25, 0.3) is 6.04 Å². The standard InChI is InChI=1S/C7H11NO5/c1-3-12-6(9)5(8-11)7(10)13-4-2/h5H,3-4H2,1-2H3. The lowest BCUT2D eigenvalue weighted by Crippen LogP contribution is -2.31. The van der Waals surface area contributed by atoms with Gasteiger partial charge in [-0.15, -0.1) is 4.91 Å². The van der Waals surface area contributed by atoms with Gasteiger partial charge in [0.2, 0.25) is 0 Å². The van der Waals surface area contributed by atoms with Crippen LogP contribution in [0.5, 0.6) is 0 Å². The van der Waals surface area contributed by atoms with Crippen molar-refractivity contribution in [2.24, 2.45) is 5.18 Å². The topological polar surface area (TPSA) is 82.0 Å². The smallest absolute Gasteiger partial charge is 0.346 e. The van der Waals surface area contributed by atoms with Gasteiger partial charge < -0.3 is 9.47 Å². The number of carbonyl (C=O) groups excluding carboxylic acids is 2. The van der Waals surface area contributed by atoms with E-state index in [1.807, 2.05) is 0 Å². The summed E-state index contributed by atoms with van der Waals surface area (Å²) in [6.45, 7) is 3.30. The first-order valence-corrected chi connectivity index (χ1v) is 3.83. The van der Waals surface area contributed by atoms with Gasteiger partial charge in [-0.25, -0.2) is 9.59 Å². The summed E-state index contributed by atoms with van der Waals surface area (Å²) < 4.78 is 8.86. The van der Waals surface area contributed by atoms with Crippen molar-refractivity contribution in [2.45, 2.75) is 19.9 Å². The lowest BCUT2D eigenvalue weighted by molar-refractivity contribution is -0.156. The second kappa shape index (κ2) is 6.10. The molecule has 0 unspecified atom stereocenters. The zero-order chi connectivity index (χ0) is 10.3. The Bertz CT molecular complexity index is 185. The number of hydrogen-bond donors (Lipinski definition) is 0. The molecule has 0 aliphatic heterocycles. The zero-order valence-electron chi connectivity index (χ0n) is 7.48. The molecule has 13 heavy (non-hydrogen) atoms. The first-order chi connectivity index (χ1) is 6.17. The van der Waals surface area contributed by atoms with E-state index < -0.39 is 18.0 Å². The van der Waals surface area contributed by atoms with Gasteiger partial charge in [-0.05, 0) is 19.0 Å². The molecule has 0 amide bonds. The third-order valence-corrected chi connectivity index (χ3v) is 1.13. The lowest BCUT2D eigenvalue weighted by Gasteiger charge is -2.06. The van der Waals surface area contributed by atoms with Crippen LogP contribution in [-0.4, -0.2) is 31.2 Å². The van der Waals surface area contributed by atoms with Crippen LogP contribution in [0.1, 0.15) is 13.8 Å². The van der Waals surface area contributed by atoms with E-state index in [1.54, 1.807) is 13.8 Å². The zero-order valence-corrected chi connectivity index (χ0v) is 7.48. The van der Waals surface area contributed by atoms with Crippen LogP contribution >= 0.6 is 0 Å². The minimum atomic E-state index is -1.69.